The Kier molecular flexibility index (Phi) is 6.43. The second kappa shape index (κ2) is 9.30. The van der Waals surface area contributed by atoms with E-state index in [2.05, 4.69) is 15.8 Å². The molecule has 1 aliphatic heterocycles. The minimum Gasteiger partial charge on any atom is -0.322 e. The molecule has 4 rings (SSSR count). The summed E-state index contributed by atoms with van der Waals surface area (Å²) in [6.07, 6.45) is 1.01. The van der Waals surface area contributed by atoms with Crippen molar-refractivity contribution in [3.63, 3.8) is 0 Å². The van der Waals surface area contributed by atoms with Gasteiger partial charge in [-0.05, 0) is 63.4 Å². The Balaban J connectivity index is 1.43. The third kappa shape index (κ3) is 4.68. The van der Waals surface area contributed by atoms with E-state index in [9.17, 15) is 14.4 Å². The number of nitrogens with one attached hydrogen (secondary N) is 2. The lowest BCUT2D eigenvalue weighted by Crippen LogP contribution is -2.49. The van der Waals surface area contributed by atoms with Crippen LogP contribution < -0.4 is 10.7 Å². The number of amides is 4. The molecule has 1 aliphatic rings. The number of hydrazine groups is 1. The first-order valence-corrected chi connectivity index (χ1v) is 11.4. The predicted molar refractivity (Wildman–Crippen MR) is 128 cm³/mol. The number of nitrogens with zero attached hydrogens (tertiary/aromatic N) is 3. The summed E-state index contributed by atoms with van der Waals surface area (Å²) in [6, 6.07) is 16.3. The number of urea groups is 1. The Morgan fingerprint density at radius 1 is 1.09 bits per heavy atom. The second-order valence-corrected chi connectivity index (χ2v) is 9.07. The highest BCUT2D eigenvalue weighted by atomic mass is 35.5. The molecule has 0 spiro atoms. The number of imide groups is 1. The van der Waals surface area contributed by atoms with Gasteiger partial charge in [-0.25, -0.2) is 9.48 Å². The van der Waals surface area contributed by atoms with Crippen molar-refractivity contribution in [2.75, 3.05) is 0 Å². The molecule has 2 aromatic carbocycles. The van der Waals surface area contributed by atoms with Crippen LogP contribution in [-0.2, 0) is 22.4 Å². The predicted octanol–water partition coefficient (Wildman–Crippen LogP) is 3.66. The maximum absolute atomic E-state index is 13.0. The minimum absolute atomic E-state index is 0.0248. The van der Waals surface area contributed by atoms with Gasteiger partial charge in [-0.2, -0.15) is 10.1 Å². The zero-order valence-corrected chi connectivity index (χ0v) is 20.0. The standard InChI is InChI=1S/C25H26ClN5O3/c1-16-21(17(2)30(28-16)20-11-9-19(26)10-12-20)15-22(32)29-31-23(33)25(3,27-24(31)34)14-13-18-7-5-4-6-8-18/h4-12H,13-15H2,1-3H3,(H,27,34)(H,29,32). The van der Waals surface area contributed by atoms with E-state index in [0.717, 1.165) is 27.5 Å². The lowest BCUT2D eigenvalue weighted by molar-refractivity contribution is -0.138. The highest BCUT2D eigenvalue weighted by Gasteiger charge is 2.48. The van der Waals surface area contributed by atoms with Gasteiger partial charge >= 0.3 is 6.03 Å². The van der Waals surface area contributed by atoms with Crippen LogP contribution in [0.3, 0.4) is 0 Å². The van der Waals surface area contributed by atoms with E-state index in [1.54, 1.807) is 23.7 Å². The van der Waals surface area contributed by atoms with Gasteiger partial charge in [-0.3, -0.25) is 15.0 Å². The summed E-state index contributed by atoms with van der Waals surface area (Å²) in [4.78, 5) is 38.3. The van der Waals surface area contributed by atoms with Crippen LogP contribution in [0.1, 0.15) is 35.9 Å². The molecule has 8 nitrogen and oxygen atoms in total. The smallest absolute Gasteiger partial charge is 0.322 e. The van der Waals surface area contributed by atoms with Crippen LogP contribution in [0.2, 0.25) is 5.02 Å². The molecular weight excluding hydrogens is 454 g/mol. The molecule has 0 saturated carbocycles. The topological polar surface area (TPSA) is 96.3 Å². The first-order valence-electron chi connectivity index (χ1n) is 11.0. The molecular formula is C25H26ClN5O3. The van der Waals surface area contributed by atoms with Gasteiger partial charge in [0.25, 0.3) is 5.91 Å². The molecule has 176 valence electrons. The summed E-state index contributed by atoms with van der Waals surface area (Å²) < 4.78 is 1.74. The molecule has 1 unspecified atom stereocenters. The van der Waals surface area contributed by atoms with Crippen LogP contribution in [0.5, 0.6) is 0 Å². The summed E-state index contributed by atoms with van der Waals surface area (Å²) in [5.41, 5.74) is 5.47. The molecule has 9 heteroatoms. The van der Waals surface area contributed by atoms with Gasteiger partial charge in [0.2, 0.25) is 5.91 Å². The summed E-state index contributed by atoms with van der Waals surface area (Å²) in [6.45, 7) is 5.36. The minimum atomic E-state index is -1.09. The number of carbonyl (C=O) groups excluding carboxylic acids is 3. The number of rotatable bonds is 7. The lowest BCUT2D eigenvalue weighted by Gasteiger charge is -2.21. The van der Waals surface area contributed by atoms with Gasteiger partial charge in [0.05, 0.1) is 17.8 Å². The molecule has 0 bridgehead atoms. The Morgan fingerprint density at radius 2 is 1.76 bits per heavy atom. The van der Waals surface area contributed by atoms with Gasteiger partial charge in [0.15, 0.2) is 0 Å². The molecule has 1 atom stereocenters. The lowest BCUT2D eigenvalue weighted by atomic mass is 9.93. The Hall–Kier alpha value is -3.65. The van der Waals surface area contributed by atoms with Gasteiger partial charge in [-0.15, -0.1) is 0 Å². The van der Waals surface area contributed by atoms with Crippen molar-refractivity contribution in [1.82, 2.24) is 25.5 Å². The molecule has 0 aliphatic carbocycles. The average molecular weight is 480 g/mol. The second-order valence-electron chi connectivity index (χ2n) is 8.64. The molecule has 0 radical (unpaired) electrons. The number of hydrogen-bond donors (Lipinski definition) is 2. The number of hydrogen-bond acceptors (Lipinski definition) is 4. The third-order valence-corrected chi connectivity index (χ3v) is 6.36. The van der Waals surface area contributed by atoms with Crippen molar-refractivity contribution >= 4 is 29.4 Å². The maximum Gasteiger partial charge on any atom is 0.344 e. The van der Waals surface area contributed by atoms with Crippen LogP contribution in [0.15, 0.2) is 54.6 Å². The van der Waals surface area contributed by atoms with E-state index in [4.69, 9.17) is 11.6 Å². The molecule has 1 fully saturated rings. The van der Waals surface area contributed by atoms with E-state index in [1.165, 1.54) is 0 Å². The van der Waals surface area contributed by atoms with Gasteiger partial charge in [0.1, 0.15) is 5.54 Å². The van der Waals surface area contributed by atoms with Crippen LogP contribution in [0, 0.1) is 13.8 Å². The molecule has 4 amide bonds. The van der Waals surface area contributed by atoms with Crippen LogP contribution in [0.4, 0.5) is 4.79 Å². The van der Waals surface area contributed by atoms with E-state index in [1.807, 2.05) is 56.3 Å². The normalized spacial score (nSPS) is 17.7. The number of benzene rings is 2. The molecule has 2 heterocycles. The number of carbonyl (C=O) groups is 3. The van der Waals surface area contributed by atoms with Crippen molar-refractivity contribution in [2.24, 2.45) is 0 Å². The molecule has 3 aromatic rings. The van der Waals surface area contributed by atoms with Crippen molar-refractivity contribution in [3.8, 4) is 5.69 Å². The summed E-state index contributed by atoms with van der Waals surface area (Å²) in [5.74, 6) is -0.954. The largest absolute Gasteiger partial charge is 0.344 e. The molecule has 1 saturated heterocycles. The van der Waals surface area contributed by atoms with Crippen molar-refractivity contribution in [3.05, 3.63) is 82.1 Å². The van der Waals surface area contributed by atoms with Crippen LogP contribution >= 0.6 is 11.6 Å². The first kappa shape index (κ1) is 23.5. The van der Waals surface area contributed by atoms with Crippen LogP contribution in [-0.4, -0.2) is 38.2 Å². The zero-order valence-electron chi connectivity index (χ0n) is 19.3. The molecule has 2 N–H and O–H groups in total. The van der Waals surface area contributed by atoms with E-state index in [0.29, 0.717) is 23.6 Å². The Morgan fingerprint density at radius 3 is 2.44 bits per heavy atom. The van der Waals surface area contributed by atoms with Crippen molar-refractivity contribution in [1.29, 1.82) is 0 Å². The highest BCUT2D eigenvalue weighted by molar-refractivity contribution is 6.30. The average Bonchev–Trinajstić information content (AvgIpc) is 3.21. The first-order chi connectivity index (χ1) is 16.2. The van der Waals surface area contributed by atoms with Gasteiger partial charge in [-0.1, -0.05) is 41.9 Å². The summed E-state index contributed by atoms with van der Waals surface area (Å²) >= 11 is 5.97. The van der Waals surface area contributed by atoms with Gasteiger partial charge in [0, 0.05) is 16.3 Å². The fourth-order valence-electron chi connectivity index (χ4n) is 4.08. The molecule has 34 heavy (non-hydrogen) atoms. The number of aryl methyl sites for hydroxylation is 2. The van der Waals surface area contributed by atoms with E-state index in [-0.39, 0.29) is 6.42 Å². The summed E-state index contributed by atoms with van der Waals surface area (Å²) in [5, 5.41) is 8.65. The fourth-order valence-corrected chi connectivity index (χ4v) is 4.21. The molecule has 1 aromatic heterocycles. The van der Waals surface area contributed by atoms with Crippen molar-refractivity contribution < 1.29 is 14.4 Å². The monoisotopic (exact) mass is 479 g/mol. The number of halogens is 1. The SMILES string of the molecule is Cc1nn(-c2ccc(Cl)cc2)c(C)c1CC(=O)NN1C(=O)NC(C)(CCc2ccccc2)C1=O. The van der Waals surface area contributed by atoms with E-state index < -0.39 is 23.4 Å². The fraction of sp³-hybridized carbons (Fsp3) is 0.280. The summed E-state index contributed by atoms with van der Waals surface area (Å²) in [7, 11) is 0. The van der Waals surface area contributed by atoms with Crippen LogP contribution in [0.25, 0.3) is 5.69 Å². The quantitative estimate of drug-likeness (QED) is 0.505. The zero-order chi connectivity index (χ0) is 24.5. The van der Waals surface area contributed by atoms with E-state index >= 15 is 0 Å². The Bertz CT molecular complexity index is 1240. The van der Waals surface area contributed by atoms with Crippen molar-refractivity contribution in [2.45, 2.75) is 45.6 Å². The van der Waals surface area contributed by atoms with Gasteiger partial charge < -0.3 is 5.32 Å². The Labute approximate surface area is 202 Å². The highest BCUT2D eigenvalue weighted by Crippen LogP contribution is 2.23. The number of aromatic nitrogens is 2. The maximum atomic E-state index is 13.0. The third-order valence-electron chi connectivity index (χ3n) is 6.10.